The zero-order valence-electron chi connectivity index (χ0n) is 11.9. The van der Waals surface area contributed by atoms with Crippen LogP contribution in [0.3, 0.4) is 0 Å². The van der Waals surface area contributed by atoms with Gasteiger partial charge in [0.2, 0.25) is 0 Å². The van der Waals surface area contributed by atoms with Crippen LogP contribution in [0.25, 0.3) is 11.0 Å². The highest BCUT2D eigenvalue weighted by molar-refractivity contribution is 5.95. The highest BCUT2D eigenvalue weighted by atomic mass is 16.5. The first-order valence-corrected chi connectivity index (χ1v) is 6.84. The lowest BCUT2D eigenvalue weighted by molar-refractivity contribution is 0.0949. The van der Waals surface area contributed by atoms with E-state index >= 15 is 0 Å². The first-order valence-electron chi connectivity index (χ1n) is 6.84. The predicted molar refractivity (Wildman–Crippen MR) is 78.0 cm³/mol. The van der Waals surface area contributed by atoms with Crippen LogP contribution in [0.5, 0.6) is 0 Å². The van der Waals surface area contributed by atoms with Crippen LogP contribution >= 0.6 is 0 Å². The van der Waals surface area contributed by atoms with E-state index in [4.69, 9.17) is 8.94 Å². The minimum atomic E-state index is -0.180. The lowest BCUT2D eigenvalue weighted by Gasteiger charge is -2.07. The fraction of sp³-hybridized carbons (Fsp3) is 0.250. The van der Waals surface area contributed by atoms with E-state index in [1.807, 2.05) is 38.1 Å². The highest BCUT2D eigenvalue weighted by Gasteiger charge is 2.18. The second kappa shape index (κ2) is 5.44. The molecule has 0 aliphatic heterocycles. The van der Waals surface area contributed by atoms with Crippen LogP contribution in [0.2, 0.25) is 0 Å². The van der Waals surface area contributed by atoms with Gasteiger partial charge in [-0.05, 0) is 23.6 Å². The van der Waals surface area contributed by atoms with Gasteiger partial charge >= 0.3 is 0 Å². The molecule has 5 nitrogen and oxygen atoms in total. The van der Waals surface area contributed by atoms with Crippen LogP contribution in [-0.2, 0) is 6.54 Å². The number of nitrogens with one attached hydrogen (secondary N) is 1. The molecular formula is C16H16N2O3. The molecule has 5 heteroatoms. The summed E-state index contributed by atoms with van der Waals surface area (Å²) < 4.78 is 10.3. The summed E-state index contributed by atoms with van der Waals surface area (Å²) in [4.78, 5) is 12.2. The summed E-state index contributed by atoms with van der Waals surface area (Å²) in [5, 5.41) is 7.79. The quantitative estimate of drug-likeness (QED) is 0.796. The van der Waals surface area contributed by atoms with Gasteiger partial charge in [-0.15, -0.1) is 0 Å². The van der Waals surface area contributed by atoms with Crippen molar-refractivity contribution >= 4 is 16.9 Å². The van der Waals surface area contributed by atoms with Crippen LogP contribution < -0.4 is 5.32 Å². The minimum Gasteiger partial charge on any atom is -0.464 e. The third-order valence-electron chi connectivity index (χ3n) is 3.41. The molecule has 1 N–H and O–H groups in total. The molecule has 3 rings (SSSR count). The van der Waals surface area contributed by atoms with Crippen molar-refractivity contribution in [1.29, 1.82) is 0 Å². The van der Waals surface area contributed by atoms with Crippen molar-refractivity contribution in [1.82, 2.24) is 10.5 Å². The molecular weight excluding hydrogens is 268 g/mol. The van der Waals surface area contributed by atoms with Gasteiger partial charge in [0.25, 0.3) is 5.91 Å². The third kappa shape index (κ3) is 2.54. The molecule has 0 radical (unpaired) electrons. The Morgan fingerprint density at radius 1 is 1.33 bits per heavy atom. The summed E-state index contributed by atoms with van der Waals surface area (Å²) >= 11 is 0. The zero-order valence-corrected chi connectivity index (χ0v) is 11.9. The van der Waals surface area contributed by atoms with Crippen molar-refractivity contribution in [3.8, 4) is 0 Å². The van der Waals surface area contributed by atoms with Crippen LogP contribution in [0.4, 0.5) is 0 Å². The molecule has 3 aromatic rings. The first-order chi connectivity index (χ1) is 10.2. The van der Waals surface area contributed by atoms with E-state index in [0.29, 0.717) is 17.8 Å². The Morgan fingerprint density at radius 2 is 2.19 bits per heavy atom. The van der Waals surface area contributed by atoms with Crippen molar-refractivity contribution in [2.24, 2.45) is 0 Å². The van der Waals surface area contributed by atoms with E-state index in [0.717, 1.165) is 16.5 Å². The Bertz CT molecular complexity index is 771. The molecule has 2 heterocycles. The molecule has 21 heavy (non-hydrogen) atoms. The first kappa shape index (κ1) is 13.4. The van der Waals surface area contributed by atoms with Crippen LogP contribution in [0.15, 0.2) is 45.7 Å². The van der Waals surface area contributed by atoms with E-state index in [1.165, 1.54) is 6.26 Å². The number of carbonyl (C=O) groups is 1. The summed E-state index contributed by atoms with van der Waals surface area (Å²) in [6.45, 7) is 4.38. The number of rotatable bonds is 4. The lowest BCUT2D eigenvalue weighted by atomic mass is 10.1. The SMILES string of the molecule is CC(C)c1nocc1C(=O)NCc1cccc2occc12. The number of benzene rings is 1. The second-order valence-corrected chi connectivity index (χ2v) is 5.20. The molecule has 1 amide bonds. The third-order valence-corrected chi connectivity index (χ3v) is 3.41. The molecule has 2 aromatic heterocycles. The van der Waals surface area contributed by atoms with Crippen LogP contribution in [0.1, 0.15) is 41.4 Å². The summed E-state index contributed by atoms with van der Waals surface area (Å²) in [5.74, 6) is -0.0396. The Labute approximate surface area is 121 Å². The highest BCUT2D eigenvalue weighted by Crippen LogP contribution is 2.20. The standard InChI is InChI=1S/C16H16N2O3/c1-10(2)15-13(9-21-18-15)16(19)17-8-11-4-3-5-14-12(11)6-7-20-14/h3-7,9-10H,8H2,1-2H3,(H,17,19). The Balaban J connectivity index is 1.77. The number of fused-ring (bicyclic) bond motifs is 1. The van der Waals surface area contributed by atoms with Gasteiger partial charge in [-0.25, -0.2) is 0 Å². The minimum absolute atomic E-state index is 0.141. The van der Waals surface area contributed by atoms with Crippen molar-refractivity contribution in [2.45, 2.75) is 26.3 Å². The average Bonchev–Trinajstić information content (AvgIpc) is 3.12. The van der Waals surface area contributed by atoms with Crippen molar-refractivity contribution < 1.29 is 13.7 Å². The number of hydrogen-bond donors (Lipinski definition) is 1. The molecule has 0 bridgehead atoms. The monoisotopic (exact) mass is 284 g/mol. The van der Waals surface area contributed by atoms with Crippen molar-refractivity contribution in [3.05, 3.63) is 53.6 Å². The maximum atomic E-state index is 12.2. The van der Waals surface area contributed by atoms with E-state index in [2.05, 4.69) is 10.5 Å². The van der Waals surface area contributed by atoms with Gasteiger partial charge in [0, 0.05) is 11.9 Å². The van der Waals surface area contributed by atoms with Gasteiger partial charge in [0.05, 0.1) is 12.0 Å². The number of amides is 1. The lowest BCUT2D eigenvalue weighted by Crippen LogP contribution is -2.23. The average molecular weight is 284 g/mol. The smallest absolute Gasteiger partial charge is 0.256 e. The maximum Gasteiger partial charge on any atom is 0.256 e. The predicted octanol–water partition coefficient (Wildman–Crippen LogP) is 3.47. The fourth-order valence-corrected chi connectivity index (χ4v) is 2.31. The van der Waals surface area contributed by atoms with E-state index in [-0.39, 0.29) is 11.8 Å². The van der Waals surface area contributed by atoms with Gasteiger partial charge in [-0.2, -0.15) is 0 Å². The molecule has 0 spiro atoms. The largest absolute Gasteiger partial charge is 0.464 e. The van der Waals surface area contributed by atoms with Gasteiger partial charge in [-0.3, -0.25) is 4.79 Å². The molecule has 1 aromatic carbocycles. The van der Waals surface area contributed by atoms with Gasteiger partial charge in [0.1, 0.15) is 17.4 Å². The summed E-state index contributed by atoms with van der Waals surface area (Å²) in [5.41, 5.74) is 2.99. The number of hydrogen-bond acceptors (Lipinski definition) is 4. The molecule has 0 aliphatic rings. The maximum absolute atomic E-state index is 12.2. The fourth-order valence-electron chi connectivity index (χ4n) is 2.31. The molecule has 0 aliphatic carbocycles. The second-order valence-electron chi connectivity index (χ2n) is 5.20. The topological polar surface area (TPSA) is 68.3 Å². The zero-order chi connectivity index (χ0) is 14.8. The van der Waals surface area contributed by atoms with Gasteiger partial charge in [0.15, 0.2) is 0 Å². The number of nitrogens with zero attached hydrogens (tertiary/aromatic N) is 1. The molecule has 0 fully saturated rings. The Morgan fingerprint density at radius 3 is 3.00 bits per heavy atom. The Kier molecular flexibility index (Phi) is 3.48. The number of aromatic nitrogens is 1. The van der Waals surface area contributed by atoms with Crippen molar-refractivity contribution in [2.75, 3.05) is 0 Å². The molecule has 0 unspecified atom stereocenters. The van der Waals surface area contributed by atoms with Gasteiger partial charge < -0.3 is 14.3 Å². The number of furan rings is 1. The molecule has 0 saturated heterocycles. The van der Waals surface area contributed by atoms with Gasteiger partial charge in [-0.1, -0.05) is 31.1 Å². The summed E-state index contributed by atoms with van der Waals surface area (Å²) in [7, 11) is 0. The van der Waals surface area contributed by atoms with E-state index in [9.17, 15) is 4.79 Å². The summed E-state index contributed by atoms with van der Waals surface area (Å²) in [6.07, 6.45) is 3.04. The molecule has 0 atom stereocenters. The normalized spacial score (nSPS) is 11.2. The van der Waals surface area contributed by atoms with Crippen molar-refractivity contribution in [3.63, 3.8) is 0 Å². The van der Waals surface area contributed by atoms with Crippen LogP contribution in [0, 0.1) is 0 Å². The Hall–Kier alpha value is -2.56. The molecule has 0 saturated carbocycles. The molecule has 108 valence electrons. The van der Waals surface area contributed by atoms with E-state index in [1.54, 1.807) is 6.26 Å². The number of carbonyl (C=O) groups excluding carboxylic acids is 1. The van der Waals surface area contributed by atoms with E-state index < -0.39 is 0 Å². The van der Waals surface area contributed by atoms with Crippen LogP contribution in [-0.4, -0.2) is 11.1 Å². The summed E-state index contributed by atoms with van der Waals surface area (Å²) in [6, 6.07) is 7.68.